The number of ether oxygens (including phenoxy) is 1. The van der Waals surface area contributed by atoms with Crippen LogP contribution in [0.5, 0.6) is 5.75 Å². The van der Waals surface area contributed by atoms with Gasteiger partial charge in [-0.15, -0.1) is 0 Å². The quantitative estimate of drug-likeness (QED) is 0.579. The van der Waals surface area contributed by atoms with E-state index in [2.05, 4.69) is 16.4 Å². The Kier molecular flexibility index (Phi) is 3.64. The Hall–Kier alpha value is -3.36. The molecule has 1 spiro atoms. The van der Waals surface area contributed by atoms with Crippen LogP contribution in [0.2, 0.25) is 0 Å². The van der Waals surface area contributed by atoms with Gasteiger partial charge in [0, 0.05) is 19.2 Å². The number of fused-ring (bicyclic) bond motifs is 4. The van der Waals surface area contributed by atoms with Gasteiger partial charge in [0.15, 0.2) is 5.65 Å². The zero-order valence-electron chi connectivity index (χ0n) is 20.5. The monoisotopic (exact) mass is 487 g/mol. The molecule has 9 heteroatoms. The summed E-state index contributed by atoms with van der Waals surface area (Å²) in [6.45, 7) is 2.73. The third-order valence-electron chi connectivity index (χ3n) is 10.5. The number of aryl methyl sites for hydroxylation is 2. The molecule has 3 bridgehead atoms. The smallest absolute Gasteiger partial charge is 0.330 e. The van der Waals surface area contributed by atoms with E-state index in [1.165, 1.54) is 5.56 Å². The molecule has 4 aliphatic carbocycles. The number of imidazole rings is 1. The predicted molar refractivity (Wildman–Crippen MR) is 132 cm³/mol. The molecule has 4 fully saturated rings. The van der Waals surface area contributed by atoms with E-state index in [-0.39, 0.29) is 16.6 Å². The van der Waals surface area contributed by atoms with Crippen molar-refractivity contribution in [2.24, 2.45) is 29.7 Å². The van der Waals surface area contributed by atoms with E-state index >= 15 is 0 Å². The molecular weight excluding hydrogens is 458 g/mol. The lowest BCUT2D eigenvalue weighted by atomic mass is 9.46. The molecule has 1 aromatic carbocycles. The van der Waals surface area contributed by atoms with E-state index in [0.717, 1.165) is 61.9 Å². The highest BCUT2D eigenvalue weighted by molar-refractivity contribution is 5.79. The van der Waals surface area contributed by atoms with Crippen LogP contribution in [0.25, 0.3) is 11.2 Å². The van der Waals surface area contributed by atoms with Crippen molar-refractivity contribution in [3.63, 3.8) is 0 Å². The largest absolute Gasteiger partial charge is 0.493 e. The van der Waals surface area contributed by atoms with Crippen LogP contribution < -0.4 is 15.7 Å². The first-order valence-corrected chi connectivity index (χ1v) is 13.0. The average Bonchev–Trinajstić information content (AvgIpc) is 3.48. The van der Waals surface area contributed by atoms with Crippen molar-refractivity contribution in [1.29, 1.82) is 0 Å². The predicted octanol–water partition coefficient (Wildman–Crippen LogP) is 3.50. The number of aromatic nitrogens is 4. The van der Waals surface area contributed by atoms with Gasteiger partial charge in [-0.2, -0.15) is 4.98 Å². The Bertz CT molecular complexity index is 1570. The highest BCUT2D eigenvalue weighted by atomic mass is 16.5. The van der Waals surface area contributed by atoms with Crippen molar-refractivity contribution in [2.75, 3.05) is 11.9 Å². The van der Waals surface area contributed by atoms with Gasteiger partial charge >= 0.3 is 11.7 Å². The number of benzene rings is 1. The number of aliphatic carboxylic acids is 1. The van der Waals surface area contributed by atoms with E-state index in [4.69, 9.17) is 9.72 Å². The van der Waals surface area contributed by atoms with Crippen LogP contribution in [-0.2, 0) is 23.8 Å². The van der Waals surface area contributed by atoms with E-state index < -0.39 is 11.4 Å². The Morgan fingerprint density at radius 1 is 1.22 bits per heavy atom. The van der Waals surface area contributed by atoms with Crippen molar-refractivity contribution in [3.8, 4) is 5.75 Å². The van der Waals surface area contributed by atoms with Crippen LogP contribution >= 0.6 is 0 Å². The van der Waals surface area contributed by atoms with Crippen LogP contribution in [0, 0.1) is 29.6 Å². The van der Waals surface area contributed by atoms with Crippen LogP contribution in [0.4, 0.5) is 11.6 Å². The summed E-state index contributed by atoms with van der Waals surface area (Å²) in [5, 5.41) is 13.6. The van der Waals surface area contributed by atoms with Crippen LogP contribution in [-0.4, -0.2) is 36.8 Å². The second kappa shape index (κ2) is 6.30. The molecule has 2 N–H and O–H groups in total. The zero-order chi connectivity index (χ0) is 24.6. The molecule has 36 heavy (non-hydrogen) atoms. The van der Waals surface area contributed by atoms with Gasteiger partial charge in [-0.25, -0.2) is 9.78 Å². The molecule has 1 aliphatic heterocycles. The molecule has 0 amide bonds. The van der Waals surface area contributed by atoms with Gasteiger partial charge in [0.2, 0.25) is 5.95 Å². The van der Waals surface area contributed by atoms with Crippen LogP contribution in [0.1, 0.15) is 49.7 Å². The Balaban J connectivity index is 1.24. The molecule has 4 unspecified atom stereocenters. The van der Waals surface area contributed by atoms with Crippen molar-refractivity contribution in [1.82, 2.24) is 19.1 Å². The Labute approximate surface area is 207 Å². The molecule has 186 valence electrons. The Morgan fingerprint density at radius 3 is 2.92 bits per heavy atom. The molecule has 9 nitrogen and oxygen atoms in total. The molecule has 5 aliphatic rings. The highest BCUT2D eigenvalue weighted by Crippen LogP contribution is 2.83. The summed E-state index contributed by atoms with van der Waals surface area (Å²) in [6, 6.07) is 4.14. The summed E-state index contributed by atoms with van der Waals surface area (Å²) in [5.74, 6) is 1.48. The maximum atomic E-state index is 13.7. The first-order valence-electron chi connectivity index (χ1n) is 13.0. The summed E-state index contributed by atoms with van der Waals surface area (Å²) in [6.07, 6.45) is 7.60. The first-order chi connectivity index (χ1) is 17.3. The van der Waals surface area contributed by atoms with Gasteiger partial charge in [0.1, 0.15) is 11.3 Å². The minimum Gasteiger partial charge on any atom is -0.493 e. The summed E-state index contributed by atoms with van der Waals surface area (Å²) in [4.78, 5) is 35.6. The lowest BCUT2D eigenvalue weighted by Gasteiger charge is -2.56. The lowest BCUT2D eigenvalue weighted by Crippen LogP contribution is -2.56. The standard InChI is InChI=1S/C27H29N5O4/c1-14-5-20-16(3-4-36-20)6-18(14)29-23-28-12-19-21(30-23)32(24(35)31(19)2)25-7-15-8-26(22(33)34)11-17(10-25)27(26,9-15)13-25/h5-6,12,15,17H,3-4,7-11,13H2,1-2H3,(H,33,34)(H,28,29,30)/t15?,17?,25?,26?,27-/m1/s1. The number of hydrogen-bond acceptors (Lipinski definition) is 6. The van der Waals surface area contributed by atoms with Gasteiger partial charge < -0.3 is 15.2 Å². The van der Waals surface area contributed by atoms with Crippen LogP contribution in [0.3, 0.4) is 0 Å². The summed E-state index contributed by atoms with van der Waals surface area (Å²) in [7, 11) is 1.78. The van der Waals surface area contributed by atoms with Gasteiger partial charge in [-0.3, -0.25) is 13.9 Å². The topological polar surface area (TPSA) is 111 Å². The van der Waals surface area contributed by atoms with Gasteiger partial charge in [-0.05, 0) is 86.0 Å². The normalized spacial score (nSPS) is 34.9. The van der Waals surface area contributed by atoms with Crippen LogP contribution in [0.15, 0.2) is 23.1 Å². The minimum atomic E-state index is -0.631. The summed E-state index contributed by atoms with van der Waals surface area (Å²) in [5.41, 5.74) is 3.28. The third-order valence-corrected chi connectivity index (χ3v) is 10.5. The van der Waals surface area contributed by atoms with Gasteiger partial charge in [0.05, 0.1) is 23.8 Å². The fraction of sp³-hybridized carbons (Fsp3) is 0.556. The maximum Gasteiger partial charge on any atom is 0.330 e. The average molecular weight is 488 g/mol. The second-order valence-corrected chi connectivity index (χ2v) is 12.1. The van der Waals surface area contributed by atoms with Crippen molar-refractivity contribution in [3.05, 3.63) is 39.9 Å². The third kappa shape index (κ3) is 2.24. The molecule has 3 aromatic rings. The summed E-state index contributed by atoms with van der Waals surface area (Å²) < 4.78 is 9.25. The highest BCUT2D eigenvalue weighted by Gasteiger charge is 2.81. The van der Waals surface area contributed by atoms with E-state index in [9.17, 15) is 14.7 Å². The molecule has 2 aromatic heterocycles. The number of rotatable bonds is 4. The molecule has 3 heterocycles. The van der Waals surface area contributed by atoms with Gasteiger partial charge in [-0.1, -0.05) is 0 Å². The number of nitrogens with one attached hydrogen (secondary N) is 1. The van der Waals surface area contributed by atoms with Gasteiger partial charge in [0.25, 0.3) is 0 Å². The molecular formula is C27H29N5O4. The first kappa shape index (κ1) is 20.8. The fourth-order valence-electron chi connectivity index (χ4n) is 9.25. The molecule has 5 atom stereocenters. The number of carboxylic acid groups (broad SMARTS) is 1. The van der Waals surface area contributed by atoms with Crippen molar-refractivity contribution in [2.45, 2.75) is 57.4 Å². The van der Waals surface area contributed by atoms with E-state index in [1.807, 2.05) is 17.6 Å². The van der Waals surface area contributed by atoms with Crippen molar-refractivity contribution >= 4 is 28.8 Å². The fourth-order valence-corrected chi connectivity index (χ4v) is 9.25. The maximum absolute atomic E-state index is 13.7. The number of anilines is 2. The molecule has 0 saturated heterocycles. The molecule has 8 rings (SSSR count). The SMILES string of the molecule is Cc1cc2c(cc1Nc1ncc3c(n1)n(C14CC5CC6(C(=O)O)CC(C1)[C@@]6(C5)C4)c(=O)n3C)CCO2. The van der Waals surface area contributed by atoms with E-state index in [1.54, 1.807) is 17.8 Å². The zero-order valence-corrected chi connectivity index (χ0v) is 20.5. The molecule has 4 saturated carbocycles. The second-order valence-electron chi connectivity index (χ2n) is 12.1. The number of hydrogen-bond donors (Lipinski definition) is 2. The lowest BCUT2D eigenvalue weighted by molar-refractivity contribution is -0.179. The number of carbonyl (C=O) groups is 1. The minimum absolute atomic E-state index is 0.0813. The molecule has 0 radical (unpaired) electrons. The number of nitrogens with zero attached hydrogens (tertiary/aromatic N) is 4. The van der Waals surface area contributed by atoms with Crippen molar-refractivity contribution < 1.29 is 14.6 Å². The summed E-state index contributed by atoms with van der Waals surface area (Å²) >= 11 is 0. The Morgan fingerprint density at radius 2 is 2.08 bits per heavy atom. The number of carboxylic acids is 1. The van der Waals surface area contributed by atoms with E-state index in [0.29, 0.717) is 35.6 Å².